The maximum atomic E-state index is 2.58. The molecule has 2 nitrogen and oxygen atoms in total. The highest BCUT2D eigenvalue weighted by atomic mass is 127. The Labute approximate surface area is 211 Å². The molecule has 0 saturated carbocycles. The van der Waals surface area contributed by atoms with E-state index in [1.807, 2.05) is 0 Å². The highest BCUT2D eigenvalue weighted by Gasteiger charge is 2.21. The Morgan fingerprint density at radius 1 is 0.906 bits per heavy atom. The number of fused-ring (bicyclic) bond motifs is 2. The molecule has 0 spiro atoms. The van der Waals surface area contributed by atoms with E-state index in [1.165, 1.54) is 46.1 Å². The third-order valence-electron chi connectivity index (χ3n) is 6.45. The number of para-hydroxylation sites is 2. The summed E-state index contributed by atoms with van der Waals surface area (Å²) in [6.45, 7) is 12.5. The van der Waals surface area contributed by atoms with Gasteiger partial charge in [0.2, 0.25) is 5.52 Å². The molecule has 4 rings (SSSR count). The Hall–Kier alpha value is -1.88. The van der Waals surface area contributed by atoms with Crippen LogP contribution in [0.3, 0.4) is 0 Å². The van der Waals surface area contributed by atoms with Gasteiger partial charge in [-0.25, -0.2) is 0 Å². The fourth-order valence-electron chi connectivity index (χ4n) is 4.54. The van der Waals surface area contributed by atoms with Crippen LogP contribution >= 0.6 is 0 Å². The summed E-state index contributed by atoms with van der Waals surface area (Å²) >= 11 is 0. The summed E-state index contributed by atoms with van der Waals surface area (Å²) in [6.07, 6.45) is 8.27. The topological polar surface area (TPSA) is 7.12 Å². The molecule has 0 unspecified atom stereocenters. The van der Waals surface area contributed by atoms with Crippen LogP contribution in [-0.2, 0) is 6.54 Å². The first-order valence-corrected chi connectivity index (χ1v) is 12.0. The lowest BCUT2D eigenvalue weighted by Crippen LogP contribution is -3.00. The summed E-state index contributed by atoms with van der Waals surface area (Å²) in [6, 6.07) is 20.1. The molecule has 0 saturated heterocycles. The monoisotopic (exact) mass is 540 g/mol. The van der Waals surface area contributed by atoms with Gasteiger partial charge in [-0.15, -0.1) is 0 Å². The van der Waals surface area contributed by atoms with Crippen LogP contribution < -0.4 is 33.4 Å². The second kappa shape index (κ2) is 11.3. The average molecular weight is 541 g/mol. The Morgan fingerprint density at radius 2 is 1.62 bits per heavy atom. The number of aryl methyl sites for hydroxylation is 1. The average Bonchev–Trinajstić information content (AvgIpc) is 2.77. The van der Waals surface area contributed by atoms with Gasteiger partial charge in [0.25, 0.3) is 0 Å². The molecule has 0 aliphatic carbocycles. The summed E-state index contributed by atoms with van der Waals surface area (Å²) < 4.78 is 2.42. The van der Waals surface area contributed by atoms with Gasteiger partial charge in [0.15, 0.2) is 6.20 Å². The van der Waals surface area contributed by atoms with Crippen LogP contribution in [0.25, 0.3) is 22.6 Å². The van der Waals surface area contributed by atoms with E-state index in [9.17, 15) is 0 Å². The minimum Gasteiger partial charge on any atom is -1.00 e. The Kier molecular flexibility index (Phi) is 8.75. The summed E-state index contributed by atoms with van der Waals surface area (Å²) in [5.41, 5.74) is 6.92. The lowest BCUT2D eigenvalue weighted by molar-refractivity contribution is -0.672. The van der Waals surface area contributed by atoms with Crippen LogP contribution in [0.15, 0.2) is 60.8 Å². The van der Waals surface area contributed by atoms with E-state index < -0.39 is 0 Å². The maximum absolute atomic E-state index is 2.58. The van der Waals surface area contributed by atoms with Crippen molar-refractivity contribution in [2.75, 3.05) is 18.0 Å². The minimum absolute atomic E-state index is 0. The van der Waals surface area contributed by atoms with Crippen LogP contribution in [0, 0.1) is 11.8 Å². The van der Waals surface area contributed by atoms with Gasteiger partial charge in [-0.3, -0.25) is 0 Å². The lowest BCUT2D eigenvalue weighted by atomic mass is 9.93. The fraction of sp³-hybridized carbons (Fsp3) is 0.414. The normalized spacial score (nSPS) is 14.8. The second-order valence-electron chi connectivity index (χ2n) is 9.77. The van der Waals surface area contributed by atoms with Gasteiger partial charge in [0.05, 0.1) is 5.39 Å². The van der Waals surface area contributed by atoms with Crippen LogP contribution in [0.2, 0.25) is 0 Å². The lowest BCUT2D eigenvalue weighted by Gasteiger charge is -2.33. The molecule has 32 heavy (non-hydrogen) atoms. The van der Waals surface area contributed by atoms with Gasteiger partial charge >= 0.3 is 0 Å². The first kappa shape index (κ1) is 24.8. The Morgan fingerprint density at radius 3 is 2.41 bits per heavy atom. The number of halogens is 1. The summed E-state index contributed by atoms with van der Waals surface area (Å²) in [7, 11) is 0. The Balaban J connectivity index is 0.00000289. The van der Waals surface area contributed by atoms with Gasteiger partial charge in [0, 0.05) is 42.9 Å². The third kappa shape index (κ3) is 5.72. The molecule has 0 bridgehead atoms. The number of hydrogen-bond donors (Lipinski definition) is 0. The number of rotatable bonds is 7. The highest BCUT2D eigenvalue weighted by Crippen LogP contribution is 2.36. The molecule has 3 aromatic rings. The van der Waals surface area contributed by atoms with Crippen molar-refractivity contribution in [1.82, 2.24) is 0 Å². The van der Waals surface area contributed by atoms with E-state index in [1.54, 1.807) is 0 Å². The maximum Gasteiger partial charge on any atom is 0.213 e. The molecule has 0 N–H and O–H groups in total. The van der Waals surface area contributed by atoms with Crippen molar-refractivity contribution in [2.24, 2.45) is 11.8 Å². The van der Waals surface area contributed by atoms with Crippen molar-refractivity contribution in [3.05, 3.63) is 71.9 Å². The summed E-state index contributed by atoms with van der Waals surface area (Å²) in [4.78, 5) is 2.58. The SMILES string of the molecule is CC(C)CCN1CC/C(=C\c2cc[n+](CCC(C)C)c3ccccc23)c2ccccc21.[I-]. The van der Waals surface area contributed by atoms with E-state index in [2.05, 4.69) is 104 Å². The fourth-order valence-corrected chi connectivity index (χ4v) is 4.54. The van der Waals surface area contributed by atoms with Crippen molar-refractivity contribution in [3.63, 3.8) is 0 Å². The number of aromatic nitrogens is 1. The predicted molar refractivity (Wildman–Crippen MR) is 134 cm³/mol. The van der Waals surface area contributed by atoms with Gasteiger partial charge < -0.3 is 28.9 Å². The molecule has 2 aromatic carbocycles. The standard InChI is InChI=1S/C29H37N2.HI/c1-22(2)13-17-30-19-15-24(26-9-5-7-11-28(26)30)21-25-16-20-31(18-14-23(3)4)29-12-8-6-10-27(25)29;/h5-12,15,19,21-23H,13-14,16-18,20H2,1-4H3;1H/q+1;/p-1. The molecule has 3 heteroatoms. The van der Waals surface area contributed by atoms with Crippen LogP contribution in [0.4, 0.5) is 5.69 Å². The first-order chi connectivity index (χ1) is 15.0. The quantitative estimate of drug-likeness (QED) is 0.325. The van der Waals surface area contributed by atoms with E-state index in [-0.39, 0.29) is 24.0 Å². The summed E-state index contributed by atoms with van der Waals surface area (Å²) in [5, 5.41) is 1.35. The van der Waals surface area contributed by atoms with Gasteiger partial charge in [-0.1, -0.05) is 58.0 Å². The van der Waals surface area contributed by atoms with Crippen molar-refractivity contribution < 1.29 is 28.5 Å². The van der Waals surface area contributed by atoms with Crippen molar-refractivity contribution in [1.29, 1.82) is 0 Å². The Bertz CT molecular complexity index is 1070. The van der Waals surface area contributed by atoms with Gasteiger partial charge in [0.1, 0.15) is 6.54 Å². The second-order valence-corrected chi connectivity index (χ2v) is 9.77. The molecule has 0 radical (unpaired) electrons. The van der Waals surface area contributed by atoms with Crippen LogP contribution in [0.5, 0.6) is 0 Å². The number of hydrogen-bond acceptors (Lipinski definition) is 1. The van der Waals surface area contributed by atoms with Crippen LogP contribution in [0.1, 0.15) is 58.1 Å². The third-order valence-corrected chi connectivity index (χ3v) is 6.45. The molecule has 1 aliphatic heterocycles. The van der Waals surface area contributed by atoms with Crippen molar-refractivity contribution in [2.45, 2.75) is 53.5 Å². The summed E-state index contributed by atoms with van der Waals surface area (Å²) in [5.74, 6) is 1.45. The van der Waals surface area contributed by atoms with Gasteiger partial charge in [-0.05, 0) is 54.0 Å². The number of anilines is 1. The number of nitrogens with zero attached hydrogens (tertiary/aromatic N) is 2. The van der Waals surface area contributed by atoms with Crippen molar-refractivity contribution in [3.8, 4) is 0 Å². The van der Waals surface area contributed by atoms with E-state index in [0.29, 0.717) is 5.92 Å². The highest BCUT2D eigenvalue weighted by molar-refractivity contribution is 5.95. The van der Waals surface area contributed by atoms with Gasteiger partial charge in [-0.2, -0.15) is 4.57 Å². The molecule has 0 fully saturated rings. The molecular formula is C29H37IN2. The minimum atomic E-state index is 0. The van der Waals surface area contributed by atoms with Crippen molar-refractivity contribution >= 4 is 28.2 Å². The predicted octanol–water partition coefficient (Wildman–Crippen LogP) is 3.97. The zero-order chi connectivity index (χ0) is 21.8. The zero-order valence-electron chi connectivity index (χ0n) is 20.0. The zero-order valence-corrected chi connectivity index (χ0v) is 22.2. The van der Waals surface area contributed by atoms with E-state index >= 15 is 0 Å². The molecule has 170 valence electrons. The number of benzene rings is 2. The molecule has 1 aromatic heterocycles. The first-order valence-electron chi connectivity index (χ1n) is 12.0. The molecule has 2 heterocycles. The molecule has 0 amide bonds. The largest absolute Gasteiger partial charge is 1.00 e. The number of pyridine rings is 1. The van der Waals surface area contributed by atoms with E-state index in [4.69, 9.17) is 0 Å². The molecule has 1 aliphatic rings. The smallest absolute Gasteiger partial charge is 0.213 e. The molecular weight excluding hydrogens is 503 g/mol. The van der Waals surface area contributed by atoms with E-state index in [0.717, 1.165) is 32.0 Å². The van der Waals surface area contributed by atoms with Crippen LogP contribution in [-0.4, -0.2) is 13.1 Å². The molecule has 0 atom stereocenters.